The summed E-state index contributed by atoms with van der Waals surface area (Å²) in [6.45, 7) is 2.54. The number of nitrogens with one attached hydrogen (secondary N) is 2. The standard InChI is InChI=1S/C25H21ClN4O/c1-17-22-10-12-29-24(22)9-8-23(17)30-25-19(15-28-16-20(25)14-27)5-2-18-3-6-21(7-4-18)31-13-11-26/h2-10,12,15-16,29H,11,13H2,1H3,(H,28,30). The minimum atomic E-state index is 0.455. The van der Waals surface area contributed by atoms with Gasteiger partial charge in [0.1, 0.15) is 18.4 Å². The van der Waals surface area contributed by atoms with E-state index in [1.165, 1.54) is 0 Å². The van der Waals surface area contributed by atoms with Gasteiger partial charge in [0.25, 0.3) is 0 Å². The van der Waals surface area contributed by atoms with E-state index >= 15 is 0 Å². The number of aryl methyl sites for hydroxylation is 1. The normalized spacial score (nSPS) is 11.0. The number of aromatic nitrogens is 2. The third-order valence-corrected chi connectivity index (χ3v) is 5.19. The minimum Gasteiger partial charge on any atom is -0.492 e. The van der Waals surface area contributed by atoms with Gasteiger partial charge >= 0.3 is 0 Å². The molecule has 4 aromatic rings. The number of alkyl halides is 1. The van der Waals surface area contributed by atoms with E-state index in [9.17, 15) is 5.26 Å². The highest BCUT2D eigenvalue weighted by Crippen LogP contribution is 2.31. The van der Waals surface area contributed by atoms with Gasteiger partial charge in [0.05, 0.1) is 17.1 Å². The Labute approximate surface area is 186 Å². The van der Waals surface area contributed by atoms with Crippen LogP contribution in [-0.4, -0.2) is 22.5 Å². The molecule has 2 N–H and O–H groups in total. The molecule has 0 fully saturated rings. The largest absolute Gasteiger partial charge is 0.492 e. The second-order valence-corrected chi connectivity index (χ2v) is 7.38. The third kappa shape index (κ3) is 4.55. The fraction of sp³-hybridized carbons (Fsp3) is 0.120. The monoisotopic (exact) mass is 428 g/mol. The Morgan fingerprint density at radius 3 is 2.74 bits per heavy atom. The summed E-state index contributed by atoms with van der Waals surface area (Å²) in [6.07, 6.45) is 9.19. The quantitative estimate of drug-likeness (QED) is 0.340. The van der Waals surface area contributed by atoms with Crippen molar-refractivity contribution in [1.82, 2.24) is 9.97 Å². The predicted octanol–water partition coefficient (Wildman–Crippen LogP) is 6.27. The van der Waals surface area contributed by atoms with Gasteiger partial charge in [-0.3, -0.25) is 4.98 Å². The fourth-order valence-corrected chi connectivity index (χ4v) is 3.48. The summed E-state index contributed by atoms with van der Waals surface area (Å²) in [4.78, 5) is 7.45. The van der Waals surface area contributed by atoms with Crippen LogP contribution in [0.3, 0.4) is 0 Å². The van der Waals surface area contributed by atoms with E-state index in [1.807, 2.05) is 54.7 Å². The zero-order valence-electron chi connectivity index (χ0n) is 17.0. The second-order valence-electron chi connectivity index (χ2n) is 7.00. The van der Waals surface area contributed by atoms with E-state index in [4.69, 9.17) is 16.3 Å². The fourth-order valence-electron chi connectivity index (χ4n) is 3.40. The van der Waals surface area contributed by atoms with E-state index in [2.05, 4.69) is 34.3 Å². The highest BCUT2D eigenvalue weighted by molar-refractivity contribution is 6.18. The number of rotatable bonds is 7. The van der Waals surface area contributed by atoms with Gasteiger partial charge in [-0.25, -0.2) is 0 Å². The van der Waals surface area contributed by atoms with Crippen molar-refractivity contribution in [2.45, 2.75) is 6.92 Å². The molecule has 31 heavy (non-hydrogen) atoms. The predicted molar refractivity (Wildman–Crippen MR) is 127 cm³/mol. The van der Waals surface area contributed by atoms with Crippen LogP contribution in [0.2, 0.25) is 0 Å². The van der Waals surface area contributed by atoms with E-state index < -0.39 is 0 Å². The van der Waals surface area contributed by atoms with Crippen LogP contribution in [0.4, 0.5) is 11.4 Å². The molecule has 0 saturated carbocycles. The molecule has 0 spiro atoms. The lowest BCUT2D eigenvalue weighted by Gasteiger charge is -2.14. The summed E-state index contributed by atoms with van der Waals surface area (Å²) in [5.74, 6) is 1.24. The first-order valence-corrected chi connectivity index (χ1v) is 10.4. The van der Waals surface area contributed by atoms with Gasteiger partial charge in [0, 0.05) is 40.7 Å². The van der Waals surface area contributed by atoms with Crippen molar-refractivity contribution in [3.05, 3.63) is 83.3 Å². The van der Waals surface area contributed by atoms with Crippen molar-refractivity contribution < 1.29 is 4.74 Å². The Morgan fingerprint density at radius 2 is 1.97 bits per heavy atom. The van der Waals surface area contributed by atoms with Crippen molar-refractivity contribution in [3.8, 4) is 11.8 Å². The smallest absolute Gasteiger partial charge is 0.119 e. The van der Waals surface area contributed by atoms with Gasteiger partial charge in [0.15, 0.2) is 0 Å². The van der Waals surface area contributed by atoms with Crippen molar-refractivity contribution in [1.29, 1.82) is 5.26 Å². The zero-order chi connectivity index (χ0) is 21.6. The maximum Gasteiger partial charge on any atom is 0.119 e. The van der Waals surface area contributed by atoms with Crippen molar-refractivity contribution in [3.63, 3.8) is 0 Å². The lowest BCUT2D eigenvalue weighted by atomic mass is 10.1. The number of hydrogen-bond acceptors (Lipinski definition) is 4. The molecule has 2 aromatic heterocycles. The van der Waals surface area contributed by atoms with Crippen LogP contribution in [0.25, 0.3) is 23.1 Å². The van der Waals surface area contributed by atoms with E-state index in [0.717, 1.165) is 44.7 Å². The van der Waals surface area contributed by atoms with Crippen molar-refractivity contribution in [2.24, 2.45) is 0 Å². The van der Waals surface area contributed by atoms with Crippen LogP contribution in [0.15, 0.2) is 61.1 Å². The Balaban J connectivity index is 1.63. The summed E-state index contributed by atoms with van der Waals surface area (Å²) in [7, 11) is 0. The first-order chi connectivity index (χ1) is 15.2. The number of hydrogen-bond donors (Lipinski definition) is 2. The number of ether oxygens (including phenoxy) is 1. The average molecular weight is 429 g/mol. The molecule has 0 saturated heterocycles. The maximum atomic E-state index is 9.63. The number of anilines is 2. The topological polar surface area (TPSA) is 73.7 Å². The van der Waals surface area contributed by atoms with Gasteiger partial charge in [-0.2, -0.15) is 5.26 Å². The number of nitrogens with zero attached hydrogens (tertiary/aromatic N) is 2. The highest BCUT2D eigenvalue weighted by atomic mass is 35.5. The molecule has 2 heterocycles. The number of pyridine rings is 1. The van der Waals surface area contributed by atoms with Gasteiger partial charge in [0.2, 0.25) is 0 Å². The molecule has 0 atom stereocenters. The van der Waals surface area contributed by atoms with Crippen LogP contribution in [-0.2, 0) is 0 Å². The number of nitriles is 1. The average Bonchev–Trinajstić information content (AvgIpc) is 3.29. The Bertz CT molecular complexity index is 1270. The van der Waals surface area contributed by atoms with Gasteiger partial charge in [-0.15, -0.1) is 11.6 Å². The number of H-pyrrole nitrogens is 1. The van der Waals surface area contributed by atoms with Gasteiger partial charge in [-0.05, 0) is 48.4 Å². The molecular formula is C25H21ClN4O. The maximum absolute atomic E-state index is 9.63. The molecular weight excluding hydrogens is 408 g/mol. The van der Waals surface area contributed by atoms with Crippen LogP contribution in [0, 0.1) is 18.3 Å². The molecule has 5 nitrogen and oxygen atoms in total. The van der Waals surface area contributed by atoms with Crippen molar-refractivity contribution >= 4 is 46.0 Å². The van der Waals surface area contributed by atoms with Gasteiger partial charge in [-0.1, -0.05) is 24.3 Å². The third-order valence-electron chi connectivity index (χ3n) is 5.04. The van der Waals surface area contributed by atoms with Crippen LogP contribution in [0.5, 0.6) is 5.75 Å². The summed E-state index contributed by atoms with van der Waals surface area (Å²) in [5, 5.41) is 14.2. The number of halogens is 1. The SMILES string of the molecule is Cc1c(Nc2c(C#N)cncc2C=Cc2ccc(OCCCl)cc2)ccc2[nH]ccc12. The minimum absolute atomic E-state index is 0.455. The van der Waals surface area contributed by atoms with Crippen molar-refractivity contribution in [2.75, 3.05) is 17.8 Å². The first-order valence-electron chi connectivity index (χ1n) is 9.88. The molecule has 0 aliphatic carbocycles. The first kappa shape index (κ1) is 20.5. The molecule has 0 aliphatic heterocycles. The Kier molecular flexibility index (Phi) is 6.21. The highest BCUT2D eigenvalue weighted by Gasteiger charge is 2.11. The number of fused-ring (bicyclic) bond motifs is 1. The number of benzene rings is 2. The molecule has 0 radical (unpaired) electrons. The molecule has 0 amide bonds. The number of aromatic amines is 1. The molecule has 154 valence electrons. The Hall–Kier alpha value is -3.75. The van der Waals surface area contributed by atoms with Crippen LogP contribution < -0.4 is 10.1 Å². The molecule has 0 aliphatic rings. The molecule has 0 unspecified atom stereocenters. The molecule has 6 heteroatoms. The molecule has 4 rings (SSSR count). The van der Waals surface area contributed by atoms with Gasteiger partial charge < -0.3 is 15.0 Å². The summed E-state index contributed by atoms with van der Waals surface area (Å²) >= 11 is 5.66. The van der Waals surface area contributed by atoms with E-state index in [-0.39, 0.29) is 0 Å². The summed E-state index contributed by atoms with van der Waals surface area (Å²) in [6, 6.07) is 16.1. The molecule has 0 bridgehead atoms. The zero-order valence-corrected chi connectivity index (χ0v) is 17.8. The molecule has 2 aromatic carbocycles. The van der Waals surface area contributed by atoms with Crippen LogP contribution >= 0.6 is 11.6 Å². The lowest BCUT2D eigenvalue weighted by Crippen LogP contribution is -1.99. The lowest BCUT2D eigenvalue weighted by molar-refractivity contribution is 0.343. The van der Waals surface area contributed by atoms with E-state index in [0.29, 0.717) is 18.1 Å². The summed E-state index contributed by atoms with van der Waals surface area (Å²) < 4.78 is 5.51. The van der Waals surface area contributed by atoms with Crippen LogP contribution in [0.1, 0.15) is 22.3 Å². The second kappa shape index (κ2) is 9.38. The van der Waals surface area contributed by atoms with E-state index in [1.54, 1.807) is 12.4 Å². The Morgan fingerprint density at radius 1 is 1.13 bits per heavy atom. The summed E-state index contributed by atoms with van der Waals surface area (Å²) in [5.41, 5.74) is 6.20.